The lowest BCUT2D eigenvalue weighted by Gasteiger charge is -2.38. The fraction of sp³-hybridized carbons (Fsp3) is 0.321. The monoisotopic (exact) mass is 540 g/mol. The van der Waals surface area contributed by atoms with Crippen molar-refractivity contribution in [2.45, 2.75) is 36.8 Å². The molecule has 1 unspecified atom stereocenters. The summed E-state index contributed by atoms with van der Waals surface area (Å²) in [4.78, 5) is 13.6. The van der Waals surface area contributed by atoms with Crippen LogP contribution in [0, 0.1) is 0 Å². The molecule has 0 spiro atoms. The number of hydrogen-bond donors (Lipinski definition) is 1. The summed E-state index contributed by atoms with van der Waals surface area (Å²) < 4.78 is 50.9. The van der Waals surface area contributed by atoms with Crippen molar-refractivity contribution in [2.24, 2.45) is 0 Å². The van der Waals surface area contributed by atoms with Crippen molar-refractivity contribution in [3.63, 3.8) is 0 Å². The van der Waals surface area contributed by atoms with Gasteiger partial charge in [0.15, 0.2) is 0 Å². The van der Waals surface area contributed by atoms with Crippen molar-refractivity contribution in [2.75, 3.05) is 32.2 Å². The maximum Gasteiger partial charge on any atom is 0.264 e. The average Bonchev–Trinajstić information content (AvgIpc) is 2.90. The van der Waals surface area contributed by atoms with Crippen molar-refractivity contribution in [1.82, 2.24) is 5.32 Å². The van der Waals surface area contributed by atoms with Gasteiger partial charge in [-0.3, -0.25) is 9.10 Å². The van der Waals surface area contributed by atoms with Crippen LogP contribution in [0.3, 0.4) is 0 Å². The maximum atomic E-state index is 13.8. The number of benzene rings is 3. The van der Waals surface area contributed by atoms with E-state index in [1.54, 1.807) is 49.6 Å². The molecule has 1 N–H and O–H groups in total. The molecule has 38 heavy (non-hydrogen) atoms. The number of ether oxygens (including phenoxy) is 4. The third kappa shape index (κ3) is 5.65. The van der Waals surface area contributed by atoms with E-state index in [-0.39, 0.29) is 16.3 Å². The summed E-state index contributed by atoms with van der Waals surface area (Å²) in [5, 5.41) is 3.02. The molecule has 0 saturated heterocycles. The van der Waals surface area contributed by atoms with Gasteiger partial charge in [0.25, 0.3) is 10.0 Å². The standard InChI is InChI=1S/C28H32N2O7S/c1-28(2)17-23(22-13-11-20(35-4)16-26(22)37-28)29-27(31)18-30(38(32,33)21-9-7-6-8-10-21)24-15-19(34-3)12-14-25(24)36-5/h6-16,23H,17-18H2,1-5H3,(H,29,31). The van der Waals surface area contributed by atoms with E-state index in [0.717, 1.165) is 9.87 Å². The van der Waals surface area contributed by atoms with Gasteiger partial charge in [-0.1, -0.05) is 18.2 Å². The minimum absolute atomic E-state index is 0.0438. The van der Waals surface area contributed by atoms with E-state index in [1.807, 2.05) is 19.9 Å². The number of hydrogen-bond acceptors (Lipinski definition) is 7. The molecule has 0 aromatic heterocycles. The lowest BCUT2D eigenvalue weighted by Crippen LogP contribution is -2.45. The Kier molecular flexibility index (Phi) is 7.73. The van der Waals surface area contributed by atoms with Crippen LogP contribution in [0.25, 0.3) is 0 Å². The van der Waals surface area contributed by atoms with Crippen LogP contribution in [0.5, 0.6) is 23.0 Å². The lowest BCUT2D eigenvalue weighted by atomic mass is 9.89. The fourth-order valence-corrected chi connectivity index (χ4v) is 5.91. The van der Waals surface area contributed by atoms with Gasteiger partial charge in [-0.2, -0.15) is 0 Å². The smallest absolute Gasteiger partial charge is 0.264 e. The molecular weight excluding hydrogens is 508 g/mol. The number of fused-ring (bicyclic) bond motifs is 1. The Bertz CT molecular complexity index is 1410. The molecule has 0 fully saturated rings. The summed E-state index contributed by atoms with van der Waals surface area (Å²) in [7, 11) is 0.347. The van der Waals surface area contributed by atoms with Gasteiger partial charge in [0, 0.05) is 24.1 Å². The molecule has 202 valence electrons. The number of nitrogens with one attached hydrogen (secondary N) is 1. The van der Waals surface area contributed by atoms with Gasteiger partial charge in [-0.05, 0) is 50.2 Å². The number of amides is 1. The fourth-order valence-electron chi connectivity index (χ4n) is 4.47. The molecule has 3 aromatic rings. The molecule has 1 aliphatic rings. The highest BCUT2D eigenvalue weighted by molar-refractivity contribution is 7.92. The van der Waals surface area contributed by atoms with E-state index in [4.69, 9.17) is 18.9 Å². The molecule has 0 bridgehead atoms. The quantitative estimate of drug-likeness (QED) is 0.431. The Morgan fingerprint density at radius 3 is 2.29 bits per heavy atom. The second-order valence-corrected chi connectivity index (χ2v) is 11.3. The Balaban J connectivity index is 1.71. The Labute approximate surface area is 223 Å². The van der Waals surface area contributed by atoms with Crippen molar-refractivity contribution >= 4 is 21.6 Å². The third-order valence-electron chi connectivity index (χ3n) is 6.29. The van der Waals surface area contributed by atoms with Gasteiger partial charge < -0.3 is 24.3 Å². The molecule has 1 amide bonds. The number of nitrogens with zero attached hydrogens (tertiary/aromatic N) is 1. The molecule has 3 aromatic carbocycles. The molecule has 9 nitrogen and oxygen atoms in total. The number of rotatable bonds is 9. The van der Waals surface area contributed by atoms with Crippen LogP contribution in [0.1, 0.15) is 31.9 Å². The highest BCUT2D eigenvalue weighted by Gasteiger charge is 2.36. The first-order valence-corrected chi connectivity index (χ1v) is 13.5. The molecular formula is C28H32N2O7S. The molecule has 0 radical (unpaired) electrons. The number of methoxy groups -OCH3 is 3. The van der Waals surface area contributed by atoms with Gasteiger partial charge in [-0.15, -0.1) is 0 Å². The SMILES string of the molecule is COc1ccc2c(c1)OC(C)(C)CC2NC(=O)CN(c1cc(OC)ccc1OC)S(=O)(=O)c1ccccc1. The molecule has 1 atom stereocenters. The number of sulfonamides is 1. The summed E-state index contributed by atoms with van der Waals surface area (Å²) in [6.07, 6.45) is 0.492. The predicted molar refractivity (Wildman–Crippen MR) is 144 cm³/mol. The molecule has 1 heterocycles. The van der Waals surface area contributed by atoms with Crippen molar-refractivity contribution in [3.05, 3.63) is 72.3 Å². The maximum absolute atomic E-state index is 13.8. The van der Waals surface area contributed by atoms with Gasteiger partial charge in [-0.25, -0.2) is 8.42 Å². The van der Waals surface area contributed by atoms with Crippen molar-refractivity contribution < 1.29 is 32.2 Å². The van der Waals surface area contributed by atoms with Gasteiger partial charge in [0.2, 0.25) is 5.91 Å². The first-order chi connectivity index (χ1) is 18.1. The largest absolute Gasteiger partial charge is 0.497 e. The number of carbonyl (C=O) groups excluding carboxylic acids is 1. The molecule has 10 heteroatoms. The Morgan fingerprint density at radius 1 is 0.974 bits per heavy atom. The van der Waals surface area contributed by atoms with Gasteiger partial charge >= 0.3 is 0 Å². The normalized spacial score (nSPS) is 16.0. The molecule has 4 rings (SSSR count). The van der Waals surface area contributed by atoms with E-state index in [9.17, 15) is 13.2 Å². The summed E-state index contributed by atoms with van der Waals surface area (Å²) >= 11 is 0. The summed E-state index contributed by atoms with van der Waals surface area (Å²) in [6.45, 7) is 3.38. The zero-order valence-corrected chi connectivity index (χ0v) is 22.9. The average molecular weight is 541 g/mol. The van der Waals surface area contributed by atoms with Crippen LogP contribution in [-0.2, 0) is 14.8 Å². The topological polar surface area (TPSA) is 103 Å². The first kappa shape index (κ1) is 27.1. The highest BCUT2D eigenvalue weighted by Crippen LogP contribution is 2.41. The predicted octanol–water partition coefficient (Wildman–Crippen LogP) is 4.33. The molecule has 0 aliphatic carbocycles. The van der Waals surface area contributed by atoms with Crippen molar-refractivity contribution in [1.29, 1.82) is 0 Å². The summed E-state index contributed by atoms with van der Waals surface area (Å²) in [5.74, 6) is 1.45. The second kappa shape index (κ2) is 10.8. The Morgan fingerprint density at radius 2 is 1.63 bits per heavy atom. The second-order valence-electron chi connectivity index (χ2n) is 9.45. The van der Waals surface area contributed by atoms with Crippen LogP contribution >= 0.6 is 0 Å². The zero-order chi connectivity index (χ0) is 27.5. The first-order valence-electron chi connectivity index (χ1n) is 12.0. The highest BCUT2D eigenvalue weighted by atomic mass is 32.2. The third-order valence-corrected chi connectivity index (χ3v) is 8.06. The lowest BCUT2D eigenvalue weighted by molar-refractivity contribution is -0.120. The van der Waals surface area contributed by atoms with E-state index >= 15 is 0 Å². The van der Waals surface area contributed by atoms with Crippen LogP contribution in [-0.4, -0.2) is 47.8 Å². The van der Waals surface area contributed by atoms with Crippen LogP contribution < -0.4 is 28.6 Å². The minimum atomic E-state index is -4.14. The van der Waals surface area contributed by atoms with Crippen molar-refractivity contribution in [3.8, 4) is 23.0 Å². The van der Waals surface area contributed by atoms with Crippen LogP contribution in [0.2, 0.25) is 0 Å². The number of carbonyl (C=O) groups is 1. The molecule has 1 aliphatic heterocycles. The zero-order valence-electron chi connectivity index (χ0n) is 22.1. The van der Waals surface area contributed by atoms with E-state index < -0.39 is 34.1 Å². The van der Waals surface area contributed by atoms with E-state index in [0.29, 0.717) is 23.7 Å². The number of anilines is 1. The minimum Gasteiger partial charge on any atom is -0.497 e. The van der Waals surface area contributed by atoms with E-state index in [2.05, 4.69) is 5.32 Å². The van der Waals surface area contributed by atoms with Crippen LogP contribution in [0.15, 0.2) is 71.6 Å². The van der Waals surface area contributed by atoms with Crippen LogP contribution in [0.4, 0.5) is 5.69 Å². The Hall–Kier alpha value is -3.92. The van der Waals surface area contributed by atoms with Gasteiger partial charge in [0.1, 0.15) is 35.1 Å². The van der Waals surface area contributed by atoms with E-state index in [1.165, 1.54) is 32.4 Å². The van der Waals surface area contributed by atoms with Gasteiger partial charge in [0.05, 0.1) is 38.0 Å². The summed E-state index contributed by atoms with van der Waals surface area (Å²) in [6, 6.07) is 17.8. The molecule has 0 saturated carbocycles. The summed E-state index contributed by atoms with van der Waals surface area (Å²) in [5.41, 5.74) is 0.404.